The molecule has 5 rings (SSSR count). The van der Waals surface area contributed by atoms with Crippen LogP contribution < -0.4 is 0 Å². The van der Waals surface area contributed by atoms with E-state index in [1.807, 2.05) is 33.8 Å². The minimum absolute atomic E-state index is 0.0849. The van der Waals surface area contributed by atoms with Crippen molar-refractivity contribution in [1.29, 1.82) is 0 Å². The van der Waals surface area contributed by atoms with Crippen LogP contribution in [0, 0.1) is 28.6 Å². The molecule has 3 saturated carbocycles. The number of aliphatic hydroxyl groups excluding tert-OH is 1. The lowest BCUT2D eigenvalue weighted by Crippen LogP contribution is -2.69. The van der Waals surface area contributed by atoms with Crippen molar-refractivity contribution in [3.63, 3.8) is 0 Å². The fourth-order valence-electron chi connectivity index (χ4n) is 8.73. The molecule has 0 unspecified atom stereocenters. The monoisotopic (exact) mass is 582 g/mol. The van der Waals surface area contributed by atoms with E-state index in [9.17, 15) is 24.3 Å². The van der Waals surface area contributed by atoms with Gasteiger partial charge in [0.05, 0.1) is 16.5 Å². The van der Waals surface area contributed by atoms with Gasteiger partial charge < -0.3 is 14.6 Å². The van der Waals surface area contributed by atoms with Gasteiger partial charge in [-0.3, -0.25) is 14.4 Å². The number of rotatable bonds is 7. The summed E-state index contributed by atoms with van der Waals surface area (Å²) in [6.07, 6.45) is 6.57. The maximum Gasteiger partial charge on any atom is 0.338 e. The molecule has 0 aliphatic heterocycles. The Morgan fingerprint density at radius 3 is 2.51 bits per heavy atom. The Labute approximate surface area is 246 Å². The van der Waals surface area contributed by atoms with E-state index in [0.29, 0.717) is 31.2 Å². The molecule has 4 aliphatic rings. The maximum atomic E-state index is 14.3. The quantitative estimate of drug-likeness (QED) is 0.340. The minimum Gasteiger partial charge on any atom is -0.454 e. The van der Waals surface area contributed by atoms with Gasteiger partial charge >= 0.3 is 11.9 Å². The van der Waals surface area contributed by atoms with Crippen molar-refractivity contribution in [2.24, 2.45) is 28.6 Å². The van der Waals surface area contributed by atoms with Gasteiger partial charge in [-0.25, -0.2) is 4.79 Å². The standard InChI is InChI=1S/C33H39ClO7/c1-5-9-28(38)41-33(27(37)19-40-29(39)21-10-7-6-8-11-21)20(2)16-25-24-13-12-22-17-23(35)14-15-30(22,3)32(24,34)26(36)18-31(25,33)4/h6-8,10-11,14-15,17,20,24-26,36H,5,9,12-13,16,18-19H2,1-4H3/t20-,24+,25+,26+,30+,31+,32+,33+/m1/s1. The molecule has 0 spiro atoms. The first-order chi connectivity index (χ1) is 19.3. The number of benzene rings is 1. The van der Waals surface area contributed by atoms with E-state index >= 15 is 0 Å². The van der Waals surface area contributed by atoms with Gasteiger partial charge in [-0.1, -0.05) is 57.5 Å². The highest BCUT2D eigenvalue weighted by atomic mass is 35.5. The number of ether oxygens (including phenoxy) is 2. The Morgan fingerprint density at radius 1 is 1.12 bits per heavy atom. The Balaban J connectivity index is 1.53. The molecule has 0 heterocycles. The average Bonchev–Trinajstić information content (AvgIpc) is 3.15. The lowest BCUT2D eigenvalue weighted by Gasteiger charge is -2.64. The van der Waals surface area contributed by atoms with Crippen molar-refractivity contribution in [2.75, 3.05) is 6.61 Å². The van der Waals surface area contributed by atoms with Gasteiger partial charge in [-0.15, -0.1) is 11.6 Å². The fraction of sp³-hybridized carbons (Fsp3) is 0.576. The molecule has 41 heavy (non-hydrogen) atoms. The average molecular weight is 583 g/mol. The SMILES string of the molecule is CCCC(=O)O[C@]1(C(=O)COC(=O)c2ccccc2)[C@H](C)C[C@H]2[C@@H]3CCC4=CC(=O)C=C[C@]4(C)[C@@]3(Cl)[C@@H](O)C[C@@]21C. The number of hydrogen-bond acceptors (Lipinski definition) is 7. The number of Topliss-reactive ketones (excluding diaryl/α,β-unsaturated/α-hetero) is 1. The predicted molar refractivity (Wildman–Crippen MR) is 153 cm³/mol. The summed E-state index contributed by atoms with van der Waals surface area (Å²) >= 11 is 7.55. The molecular weight excluding hydrogens is 544 g/mol. The molecule has 7 nitrogen and oxygen atoms in total. The van der Waals surface area contributed by atoms with Crippen LogP contribution >= 0.6 is 11.6 Å². The highest BCUT2D eigenvalue weighted by molar-refractivity contribution is 6.26. The van der Waals surface area contributed by atoms with Crippen molar-refractivity contribution >= 4 is 35.1 Å². The van der Waals surface area contributed by atoms with Crippen molar-refractivity contribution in [3.05, 3.63) is 59.7 Å². The Morgan fingerprint density at radius 2 is 1.83 bits per heavy atom. The molecule has 8 atom stereocenters. The smallest absolute Gasteiger partial charge is 0.338 e. The third-order valence-corrected chi connectivity index (χ3v) is 11.6. The van der Waals surface area contributed by atoms with Crippen LogP contribution in [0.4, 0.5) is 0 Å². The number of aliphatic hydroxyl groups is 1. The second-order valence-electron chi connectivity index (χ2n) is 12.7. The van der Waals surface area contributed by atoms with E-state index in [2.05, 4.69) is 0 Å². The van der Waals surface area contributed by atoms with E-state index in [0.717, 1.165) is 5.57 Å². The zero-order valence-electron chi connectivity index (χ0n) is 24.2. The third kappa shape index (κ3) is 4.25. The number of fused-ring (bicyclic) bond motifs is 5. The fourth-order valence-corrected chi connectivity index (χ4v) is 9.25. The Hall–Kier alpha value is -2.77. The summed E-state index contributed by atoms with van der Waals surface area (Å²) in [6, 6.07) is 8.42. The number of carbonyl (C=O) groups excluding carboxylic acids is 4. The van der Waals surface area contributed by atoms with Crippen LogP contribution in [0.25, 0.3) is 0 Å². The first-order valence-corrected chi connectivity index (χ1v) is 15.0. The first kappa shape index (κ1) is 29.7. The van der Waals surface area contributed by atoms with Crippen molar-refractivity contribution in [1.82, 2.24) is 0 Å². The van der Waals surface area contributed by atoms with Crippen molar-refractivity contribution in [2.45, 2.75) is 82.8 Å². The molecule has 1 aromatic carbocycles. The maximum absolute atomic E-state index is 14.3. The Kier molecular flexibility index (Phi) is 7.61. The highest BCUT2D eigenvalue weighted by Gasteiger charge is 2.76. The van der Waals surface area contributed by atoms with Gasteiger partial charge in [-0.2, -0.15) is 0 Å². The molecule has 0 amide bonds. The number of hydrogen-bond donors (Lipinski definition) is 1. The summed E-state index contributed by atoms with van der Waals surface area (Å²) < 4.78 is 11.7. The van der Waals surface area contributed by atoms with Crippen LogP contribution in [-0.2, 0) is 23.9 Å². The Bertz CT molecular complexity index is 1320. The van der Waals surface area contributed by atoms with Crippen LogP contribution in [-0.4, -0.2) is 51.8 Å². The number of allylic oxidation sites excluding steroid dienone is 4. The van der Waals surface area contributed by atoms with Gasteiger partial charge in [-0.05, 0) is 68.2 Å². The van der Waals surface area contributed by atoms with Crippen LogP contribution in [0.3, 0.4) is 0 Å². The summed E-state index contributed by atoms with van der Waals surface area (Å²) in [6.45, 7) is 7.11. The van der Waals surface area contributed by atoms with E-state index in [4.69, 9.17) is 21.1 Å². The molecule has 4 aliphatic carbocycles. The lowest BCUT2D eigenvalue weighted by atomic mass is 9.45. The molecule has 0 aromatic heterocycles. The van der Waals surface area contributed by atoms with Gasteiger partial charge in [0.15, 0.2) is 18.0 Å². The molecule has 220 valence electrons. The summed E-state index contributed by atoms with van der Waals surface area (Å²) in [5.74, 6) is -2.47. The van der Waals surface area contributed by atoms with Gasteiger partial charge in [0.25, 0.3) is 0 Å². The second kappa shape index (κ2) is 10.5. The van der Waals surface area contributed by atoms with Crippen LogP contribution in [0.5, 0.6) is 0 Å². The minimum atomic E-state index is -1.60. The van der Waals surface area contributed by atoms with E-state index < -0.39 is 57.7 Å². The zero-order valence-corrected chi connectivity index (χ0v) is 24.9. The lowest BCUT2D eigenvalue weighted by molar-refractivity contribution is -0.203. The van der Waals surface area contributed by atoms with Gasteiger partial charge in [0.1, 0.15) is 0 Å². The summed E-state index contributed by atoms with van der Waals surface area (Å²) in [4.78, 5) is 51.2. The number of ketones is 2. The summed E-state index contributed by atoms with van der Waals surface area (Å²) in [5, 5.41) is 11.9. The van der Waals surface area contributed by atoms with Crippen molar-refractivity contribution in [3.8, 4) is 0 Å². The van der Waals surface area contributed by atoms with Crippen LogP contribution in [0.15, 0.2) is 54.1 Å². The molecule has 8 heteroatoms. The number of esters is 2. The molecule has 1 aromatic rings. The molecule has 3 fully saturated rings. The van der Waals surface area contributed by atoms with Crippen LogP contribution in [0.2, 0.25) is 0 Å². The van der Waals surface area contributed by atoms with E-state index in [-0.39, 0.29) is 30.5 Å². The van der Waals surface area contributed by atoms with Crippen molar-refractivity contribution < 1.29 is 33.8 Å². The molecule has 0 bridgehead atoms. The molecule has 0 radical (unpaired) electrons. The third-order valence-electron chi connectivity index (χ3n) is 10.7. The van der Waals surface area contributed by atoms with Gasteiger partial charge in [0.2, 0.25) is 5.78 Å². The molecule has 0 saturated heterocycles. The van der Waals surface area contributed by atoms with Gasteiger partial charge in [0, 0.05) is 23.2 Å². The van der Waals surface area contributed by atoms with Crippen LogP contribution in [0.1, 0.15) is 76.6 Å². The zero-order chi connectivity index (χ0) is 29.8. The number of alkyl halides is 1. The molecular formula is C33H39ClO7. The second-order valence-corrected chi connectivity index (χ2v) is 13.4. The highest BCUT2D eigenvalue weighted by Crippen LogP contribution is 2.72. The topological polar surface area (TPSA) is 107 Å². The number of halogens is 1. The largest absolute Gasteiger partial charge is 0.454 e. The predicted octanol–water partition coefficient (Wildman–Crippen LogP) is 5.38. The number of carbonyl (C=O) groups is 4. The first-order valence-electron chi connectivity index (χ1n) is 14.6. The van der Waals surface area contributed by atoms with E-state index in [1.165, 1.54) is 6.08 Å². The van der Waals surface area contributed by atoms with E-state index in [1.54, 1.807) is 36.4 Å². The summed E-state index contributed by atoms with van der Waals surface area (Å²) in [7, 11) is 0. The summed E-state index contributed by atoms with van der Waals surface area (Å²) in [5.41, 5.74) is -2.07. The molecule has 1 N–H and O–H groups in total. The normalized spacial score (nSPS) is 39.2.